The summed E-state index contributed by atoms with van der Waals surface area (Å²) in [7, 11) is 0. The molecule has 1 saturated carbocycles. The van der Waals surface area contributed by atoms with Gasteiger partial charge in [0.05, 0.1) is 18.3 Å². The van der Waals surface area contributed by atoms with E-state index >= 15 is 0 Å². The molecule has 0 aliphatic heterocycles. The lowest BCUT2D eigenvalue weighted by Gasteiger charge is -2.26. The van der Waals surface area contributed by atoms with Crippen molar-refractivity contribution >= 4 is 0 Å². The molecule has 0 bridgehead atoms. The summed E-state index contributed by atoms with van der Waals surface area (Å²) >= 11 is 0. The zero-order chi connectivity index (χ0) is 8.85. The molecular weight excluding hydrogens is 144 g/mol. The molecule has 0 spiro atoms. The molecule has 11 heavy (non-hydrogen) atoms. The van der Waals surface area contributed by atoms with Crippen molar-refractivity contribution in [3.05, 3.63) is 0 Å². The summed E-state index contributed by atoms with van der Waals surface area (Å²) in [5.74, 6) is 0. The second-order valence-corrected chi connectivity index (χ2v) is 2.60. The number of hydrogen-bond donors (Lipinski definition) is 3. The van der Waals surface area contributed by atoms with Gasteiger partial charge in [0.15, 0.2) is 0 Å². The number of terminal acetylenes is 1. The predicted molar refractivity (Wildman–Crippen MR) is 41.8 cm³/mol. The molecule has 1 rings (SSSR count). The van der Waals surface area contributed by atoms with Gasteiger partial charge in [0.25, 0.3) is 0 Å². The maximum absolute atomic E-state index is 8.94. The Hall–Kier alpha value is -0.560. The first-order valence-corrected chi connectivity index (χ1v) is 3.57. The van der Waals surface area contributed by atoms with Crippen molar-refractivity contribution in [1.82, 2.24) is 0 Å². The van der Waals surface area contributed by atoms with Crippen LogP contribution in [0.1, 0.15) is 19.3 Å². The largest absolute Gasteiger partial charge is 0.393 e. The molecule has 3 heteroatoms. The molecule has 0 amide bonds. The molecule has 3 N–H and O–H groups in total. The molecule has 0 heterocycles. The van der Waals surface area contributed by atoms with E-state index in [0.29, 0.717) is 19.3 Å². The number of aliphatic hydroxyl groups excluding tert-OH is 3. The molecule has 1 fully saturated rings. The molecular formula is C8H14O3. The maximum atomic E-state index is 8.94. The van der Waals surface area contributed by atoms with Crippen LogP contribution in [0.25, 0.3) is 0 Å². The Morgan fingerprint density at radius 3 is 1.82 bits per heavy atom. The van der Waals surface area contributed by atoms with Crippen molar-refractivity contribution in [2.45, 2.75) is 37.6 Å². The lowest BCUT2D eigenvalue weighted by atomic mass is 9.93. The Balaban J connectivity index is 0.000000461. The Morgan fingerprint density at radius 1 is 0.909 bits per heavy atom. The molecule has 0 aromatic heterocycles. The zero-order valence-electron chi connectivity index (χ0n) is 6.35. The minimum Gasteiger partial charge on any atom is -0.393 e. The molecule has 0 saturated heterocycles. The third-order valence-corrected chi connectivity index (χ3v) is 1.75. The van der Waals surface area contributed by atoms with Gasteiger partial charge < -0.3 is 15.3 Å². The second kappa shape index (κ2) is 5.14. The van der Waals surface area contributed by atoms with Gasteiger partial charge in [-0.05, 0) is 12.8 Å². The van der Waals surface area contributed by atoms with Crippen LogP contribution < -0.4 is 0 Å². The predicted octanol–water partition coefficient (Wildman–Crippen LogP) is -0.498. The number of rotatable bonds is 0. The van der Waals surface area contributed by atoms with Crippen LogP contribution in [-0.4, -0.2) is 33.6 Å². The first-order chi connectivity index (χ1) is 5.20. The highest BCUT2D eigenvalue weighted by atomic mass is 16.3. The van der Waals surface area contributed by atoms with Crippen molar-refractivity contribution in [1.29, 1.82) is 0 Å². The third-order valence-electron chi connectivity index (χ3n) is 1.75. The molecule has 0 aromatic rings. The van der Waals surface area contributed by atoms with E-state index in [0.717, 1.165) is 0 Å². The van der Waals surface area contributed by atoms with Gasteiger partial charge in [-0.1, -0.05) is 0 Å². The summed E-state index contributed by atoms with van der Waals surface area (Å²) in [6.45, 7) is 0. The fourth-order valence-corrected chi connectivity index (χ4v) is 1.11. The molecule has 1 aliphatic rings. The summed E-state index contributed by atoms with van der Waals surface area (Å²) in [4.78, 5) is 0. The highest BCUT2D eigenvalue weighted by molar-refractivity contribution is 4.77. The van der Waals surface area contributed by atoms with Gasteiger partial charge in [-0.2, -0.15) is 0 Å². The lowest BCUT2D eigenvalue weighted by molar-refractivity contribution is -0.0494. The van der Waals surface area contributed by atoms with Gasteiger partial charge in [0, 0.05) is 6.42 Å². The van der Waals surface area contributed by atoms with Gasteiger partial charge in [-0.25, -0.2) is 0 Å². The molecule has 0 radical (unpaired) electrons. The topological polar surface area (TPSA) is 60.7 Å². The average Bonchev–Trinajstić information content (AvgIpc) is 2.02. The van der Waals surface area contributed by atoms with Crippen molar-refractivity contribution in [2.75, 3.05) is 0 Å². The van der Waals surface area contributed by atoms with Gasteiger partial charge in [0.2, 0.25) is 0 Å². The van der Waals surface area contributed by atoms with Crippen molar-refractivity contribution in [3.63, 3.8) is 0 Å². The highest BCUT2D eigenvalue weighted by Gasteiger charge is 2.25. The number of hydrogen-bond acceptors (Lipinski definition) is 3. The summed E-state index contributed by atoms with van der Waals surface area (Å²) < 4.78 is 0. The molecule has 3 nitrogen and oxygen atoms in total. The van der Waals surface area contributed by atoms with Crippen LogP contribution in [0.5, 0.6) is 0 Å². The molecule has 3 atom stereocenters. The summed E-state index contributed by atoms with van der Waals surface area (Å²) in [5, 5.41) is 26.8. The van der Waals surface area contributed by atoms with Gasteiger partial charge >= 0.3 is 0 Å². The van der Waals surface area contributed by atoms with Crippen LogP contribution in [-0.2, 0) is 0 Å². The van der Waals surface area contributed by atoms with E-state index < -0.39 is 18.3 Å². The highest BCUT2D eigenvalue weighted by Crippen LogP contribution is 2.18. The smallest absolute Gasteiger partial charge is 0.0823 e. The van der Waals surface area contributed by atoms with E-state index in [-0.39, 0.29) is 0 Å². The Morgan fingerprint density at radius 2 is 1.45 bits per heavy atom. The minimum absolute atomic E-state index is 0.321. The molecule has 0 aromatic carbocycles. The van der Waals surface area contributed by atoms with Crippen LogP contribution >= 0.6 is 0 Å². The first kappa shape index (κ1) is 10.4. The third kappa shape index (κ3) is 3.38. The average molecular weight is 158 g/mol. The maximum Gasteiger partial charge on any atom is 0.0823 e. The van der Waals surface area contributed by atoms with Crippen LogP contribution in [0.2, 0.25) is 0 Å². The minimum atomic E-state index is -0.714. The summed E-state index contributed by atoms with van der Waals surface area (Å²) in [5.41, 5.74) is 0. The fraction of sp³-hybridized carbons (Fsp3) is 0.750. The molecule has 1 aliphatic carbocycles. The Kier molecular flexibility index (Phi) is 4.88. The van der Waals surface area contributed by atoms with Gasteiger partial charge in [-0.15, -0.1) is 12.8 Å². The van der Waals surface area contributed by atoms with Crippen LogP contribution in [0.15, 0.2) is 0 Å². The van der Waals surface area contributed by atoms with E-state index in [1.54, 1.807) is 0 Å². The van der Waals surface area contributed by atoms with E-state index in [2.05, 4.69) is 12.8 Å². The molecule has 1 unspecified atom stereocenters. The standard InChI is InChI=1S/C6H12O3.C2H2/c7-4-1-2-5(8)6(9)3-4;1-2/h4-9H,1-3H2;1-2H/t4-,5+,6?;/m1./s1. The van der Waals surface area contributed by atoms with Crippen LogP contribution in [0.4, 0.5) is 0 Å². The normalized spacial score (nSPS) is 37.0. The van der Waals surface area contributed by atoms with Gasteiger partial charge in [-0.3, -0.25) is 0 Å². The van der Waals surface area contributed by atoms with E-state index in [4.69, 9.17) is 15.3 Å². The fourth-order valence-electron chi connectivity index (χ4n) is 1.11. The Labute approximate surface area is 66.7 Å². The van der Waals surface area contributed by atoms with Crippen molar-refractivity contribution in [3.8, 4) is 12.8 Å². The number of aliphatic hydroxyl groups is 3. The monoisotopic (exact) mass is 158 g/mol. The van der Waals surface area contributed by atoms with E-state index in [9.17, 15) is 0 Å². The second-order valence-electron chi connectivity index (χ2n) is 2.60. The van der Waals surface area contributed by atoms with E-state index in [1.807, 2.05) is 0 Å². The zero-order valence-corrected chi connectivity index (χ0v) is 6.35. The van der Waals surface area contributed by atoms with Crippen molar-refractivity contribution < 1.29 is 15.3 Å². The SMILES string of the molecule is C#C.OC1C[C@H](O)CC[C@@H]1O. The van der Waals surface area contributed by atoms with E-state index in [1.165, 1.54) is 0 Å². The van der Waals surface area contributed by atoms with Crippen LogP contribution in [0, 0.1) is 12.8 Å². The first-order valence-electron chi connectivity index (χ1n) is 3.57. The quantitative estimate of drug-likeness (QED) is 0.417. The lowest BCUT2D eigenvalue weighted by Crippen LogP contribution is -2.35. The molecule has 64 valence electrons. The van der Waals surface area contributed by atoms with Crippen molar-refractivity contribution in [2.24, 2.45) is 0 Å². The summed E-state index contributed by atoms with van der Waals surface area (Å²) in [6.07, 6.45) is 7.70. The van der Waals surface area contributed by atoms with Crippen LogP contribution in [0.3, 0.4) is 0 Å². The van der Waals surface area contributed by atoms with Gasteiger partial charge in [0.1, 0.15) is 0 Å². The summed E-state index contributed by atoms with van der Waals surface area (Å²) in [6, 6.07) is 0. The Bertz CT molecular complexity index is 122.